The average molecular weight is 387 g/mol. The van der Waals surface area contributed by atoms with Crippen molar-refractivity contribution < 1.29 is 14.3 Å². The Balaban J connectivity index is 1.46. The van der Waals surface area contributed by atoms with Gasteiger partial charge in [-0.15, -0.1) is 0 Å². The lowest BCUT2D eigenvalue weighted by Gasteiger charge is -2.45. The maximum atomic E-state index is 13.5. The van der Waals surface area contributed by atoms with Gasteiger partial charge < -0.3 is 19.7 Å². The Labute approximate surface area is 168 Å². The third kappa shape index (κ3) is 3.92. The summed E-state index contributed by atoms with van der Waals surface area (Å²) < 4.78 is 10.9. The second kappa shape index (κ2) is 8.83. The van der Waals surface area contributed by atoms with Crippen LogP contribution in [-0.2, 0) is 14.9 Å². The van der Waals surface area contributed by atoms with Crippen molar-refractivity contribution in [2.24, 2.45) is 5.92 Å². The second-order valence-electron chi connectivity index (χ2n) is 8.63. The normalized spacial score (nSPS) is 27.6. The Morgan fingerprint density at radius 3 is 2.64 bits per heavy atom. The largest absolute Gasteiger partial charge is 0.497 e. The van der Waals surface area contributed by atoms with Crippen molar-refractivity contribution in [1.29, 1.82) is 0 Å². The van der Waals surface area contributed by atoms with Crippen LogP contribution in [0.1, 0.15) is 50.5 Å². The molecule has 1 aromatic carbocycles. The number of methoxy groups -OCH3 is 1. The van der Waals surface area contributed by atoms with Gasteiger partial charge in [-0.2, -0.15) is 0 Å². The number of hydrogen-bond acceptors (Lipinski definition) is 4. The van der Waals surface area contributed by atoms with E-state index in [4.69, 9.17) is 9.47 Å². The third-order valence-electron chi connectivity index (χ3n) is 7.18. The number of carbonyl (C=O) groups is 1. The fraction of sp³-hybridized carbons (Fsp3) is 0.696. The number of amides is 1. The first-order valence-corrected chi connectivity index (χ1v) is 11.0. The number of nitrogens with zero attached hydrogens (tertiary/aromatic N) is 1. The molecule has 1 aromatic rings. The SMILES string of the molecule is COc1ccc(C2(C(=O)NC[C@@H]3CCCN4CCCC[C@H]34)CCOCC2)cc1. The molecule has 3 saturated heterocycles. The topological polar surface area (TPSA) is 50.8 Å². The lowest BCUT2D eigenvalue weighted by molar-refractivity contribution is -0.131. The van der Waals surface area contributed by atoms with Crippen molar-refractivity contribution in [1.82, 2.24) is 10.2 Å². The molecule has 0 aliphatic carbocycles. The highest BCUT2D eigenvalue weighted by molar-refractivity contribution is 5.88. The summed E-state index contributed by atoms with van der Waals surface area (Å²) in [6.45, 7) is 4.56. The van der Waals surface area contributed by atoms with Crippen LogP contribution in [0.5, 0.6) is 5.75 Å². The summed E-state index contributed by atoms with van der Waals surface area (Å²) in [5.41, 5.74) is 0.600. The summed E-state index contributed by atoms with van der Waals surface area (Å²) in [6.07, 6.45) is 7.93. The van der Waals surface area contributed by atoms with Crippen molar-refractivity contribution in [2.45, 2.75) is 56.4 Å². The van der Waals surface area contributed by atoms with E-state index in [1.807, 2.05) is 24.3 Å². The predicted molar refractivity (Wildman–Crippen MR) is 110 cm³/mol. The van der Waals surface area contributed by atoms with E-state index in [2.05, 4.69) is 10.2 Å². The van der Waals surface area contributed by atoms with Gasteiger partial charge in [0.15, 0.2) is 0 Å². The van der Waals surface area contributed by atoms with Gasteiger partial charge in [-0.1, -0.05) is 18.6 Å². The van der Waals surface area contributed by atoms with E-state index >= 15 is 0 Å². The zero-order valence-corrected chi connectivity index (χ0v) is 17.1. The molecular weight excluding hydrogens is 352 g/mol. The zero-order valence-electron chi connectivity index (χ0n) is 17.1. The van der Waals surface area contributed by atoms with Gasteiger partial charge >= 0.3 is 0 Å². The van der Waals surface area contributed by atoms with E-state index in [0.717, 1.165) is 30.7 Å². The molecule has 0 aromatic heterocycles. The van der Waals surface area contributed by atoms with Crippen molar-refractivity contribution in [2.75, 3.05) is 40.0 Å². The van der Waals surface area contributed by atoms with Crippen LogP contribution in [0, 0.1) is 5.92 Å². The molecule has 0 spiro atoms. The first-order chi connectivity index (χ1) is 13.7. The Hall–Kier alpha value is -1.59. The molecule has 0 saturated carbocycles. The van der Waals surface area contributed by atoms with E-state index in [-0.39, 0.29) is 5.91 Å². The molecule has 3 aliphatic rings. The maximum absolute atomic E-state index is 13.5. The van der Waals surface area contributed by atoms with Gasteiger partial charge in [0.25, 0.3) is 0 Å². The van der Waals surface area contributed by atoms with Crippen LogP contribution in [-0.4, -0.2) is 56.8 Å². The number of fused-ring (bicyclic) bond motifs is 1. The number of nitrogens with one attached hydrogen (secondary N) is 1. The highest BCUT2D eigenvalue weighted by atomic mass is 16.5. The van der Waals surface area contributed by atoms with Gasteiger partial charge in [-0.05, 0) is 75.2 Å². The molecule has 5 nitrogen and oxygen atoms in total. The smallest absolute Gasteiger partial charge is 0.230 e. The molecule has 5 heteroatoms. The van der Waals surface area contributed by atoms with Crippen molar-refractivity contribution in [3.8, 4) is 5.75 Å². The van der Waals surface area contributed by atoms with Crippen LogP contribution in [0.25, 0.3) is 0 Å². The third-order valence-corrected chi connectivity index (χ3v) is 7.18. The van der Waals surface area contributed by atoms with E-state index in [0.29, 0.717) is 25.2 Å². The molecule has 0 unspecified atom stereocenters. The van der Waals surface area contributed by atoms with Crippen LogP contribution >= 0.6 is 0 Å². The number of carbonyl (C=O) groups excluding carboxylic acids is 1. The monoisotopic (exact) mass is 386 g/mol. The van der Waals surface area contributed by atoms with Crippen LogP contribution in [0.3, 0.4) is 0 Å². The molecule has 3 aliphatic heterocycles. The Bertz CT molecular complexity index is 652. The Morgan fingerprint density at radius 2 is 1.89 bits per heavy atom. The number of rotatable bonds is 5. The van der Waals surface area contributed by atoms with E-state index in [9.17, 15) is 4.79 Å². The van der Waals surface area contributed by atoms with Gasteiger partial charge in [0.2, 0.25) is 5.91 Å². The van der Waals surface area contributed by atoms with E-state index < -0.39 is 5.41 Å². The lowest BCUT2D eigenvalue weighted by Crippen LogP contribution is -2.53. The highest BCUT2D eigenvalue weighted by Crippen LogP contribution is 2.36. The summed E-state index contributed by atoms with van der Waals surface area (Å²) in [5.74, 6) is 1.59. The molecule has 2 atom stereocenters. The van der Waals surface area contributed by atoms with E-state index in [1.165, 1.54) is 45.2 Å². The molecule has 1 amide bonds. The number of piperidine rings is 2. The fourth-order valence-electron chi connectivity index (χ4n) is 5.49. The molecule has 28 heavy (non-hydrogen) atoms. The summed E-state index contributed by atoms with van der Waals surface area (Å²) in [5, 5.41) is 3.37. The molecular formula is C23H34N2O3. The summed E-state index contributed by atoms with van der Waals surface area (Å²) in [7, 11) is 1.67. The summed E-state index contributed by atoms with van der Waals surface area (Å²) in [6, 6.07) is 8.68. The van der Waals surface area contributed by atoms with E-state index in [1.54, 1.807) is 7.11 Å². The maximum Gasteiger partial charge on any atom is 0.230 e. The summed E-state index contributed by atoms with van der Waals surface area (Å²) >= 11 is 0. The lowest BCUT2D eigenvalue weighted by atomic mass is 9.73. The van der Waals surface area contributed by atoms with Crippen LogP contribution in [0.2, 0.25) is 0 Å². The first-order valence-electron chi connectivity index (χ1n) is 11.0. The van der Waals surface area contributed by atoms with Gasteiger partial charge in [-0.25, -0.2) is 0 Å². The zero-order chi connectivity index (χ0) is 19.4. The van der Waals surface area contributed by atoms with Gasteiger partial charge in [0.1, 0.15) is 5.75 Å². The molecule has 0 radical (unpaired) electrons. The number of hydrogen-bond donors (Lipinski definition) is 1. The minimum Gasteiger partial charge on any atom is -0.497 e. The molecule has 154 valence electrons. The number of benzene rings is 1. The average Bonchev–Trinajstić information content (AvgIpc) is 2.78. The van der Waals surface area contributed by atoms with Crippen LogP contribution in [0.15, 0.2) is 24.3 Å². The second-order valence-corrected chi connectivity index (χ2v) is 8.63. The first kappa shape index (κ1) is 19.7. The fourth-order valence-corrected chi connectivity index (χ4v) is 5.49. The molecule has 3 heterocycles. The summed E-state index contributed by atoms with van der Waals surface area (Å²) in [4.78, 5) is 16.1. The van der Waals surface area contributed by atoms with Crippen molar-refractivity contribution in [3.05, 3.63) is 29.8 Å². The van der Waals surface area contributed by atoms with Crippen molar-refractivity contribution >= 4 is 5.91 Å². The molecule has 4 rings (SSSR count). The highest BCUT2D eigenvalue weighted by Gasteiger charge is 2.42. The standard InChI is InChI=1S/C23H34N2O3/c1-27-20-9-7-19(8-10-20)23(11-15-28-16-12-23)22(26)24-17-18-5-4-14-25-13-3-2-6-21(18)25/h7-10,18,21H,2-6,11-17H2,1H3,(H,24,26)/t18-,21+/m0/s1. The van der Waals surface area contributed by atoms with Gasteiger partial charge in [0, 0.05) is 25.8 Å². The Kier molecular flexibility index (Phi) is 6.22. The molecule has 0 bridgehead atoms. The minimum absolute atomic E-state index is 0.175. The Morgan fingerprint density at radius 1 is 1.14 bits per heavy atom. The molecule has 1 N–H and O–H groups in total. The quantitative estimate of drug-likeness (QED) is 0.845. The van der Waals surface area contributed by atoms with Gasteiger partial charge in [-0.3, -0.25) is 4.79 Å². The van der Waals surface area contributed by atoms with Crippen LogP contribution in [0.4, 0.5) is 0 Å². The van der Waals surface area contributed by atoms with Gasteiger partial charge in [0.05, 0.1) is 12.5 Å². The molecule has 3 fully saturated rings. The van der Waals surface area contributed by atoms with Crippen LogP contribution < -0.4 is 10.1 Å². The minimum atomic E-state index is -0.481. The predicted octanol–water partition coefficient (Wildman–Crippen LogP) is 3.12. The van der Waals surface area contributed by atoms with Crippen molar-refractivity contribution in [3.63, 3.8) is 0 Å². The number of ether oxygens (including phenoxy) is 2.